The van der Waals surface area contributed by atoms with E-state index in [2.05, 4.69) is 5.32 Å². The molecule has 0 spiro atoms. The lowest BCUT2D eigenvalue weighted by Crippen LogP contribution is -2.86. The number of amides is 1. The van der Waals surface area contributed by atoms with Crippen LogP contribution in [0.2, 0.25) is 5.02 Å². The molecule has 22 heavy (non-hydrogen) atoms. The number of benzene rings is 2. The molecule has 0 fully saturated rings. The van der Waals surface area contributed by atoms with Crippen LogP contribution in [0.15, 0.2) is 42.5 Å². The highest BCUT2D eigenvalue weighted by molar-refractivity contribution is 6.30. The van der Waals surface area contributed by atoms with Crippen LogP contribution in [0.5, 0.6) is 0 Å². The predicted molar refractivity (Wildman–Crippen MR) is 81.6 cm³/mol. The Morgan fingerprint density at radius 2 is 1.86 bits per heavy atom. The number of rotatable bonds is 5. The summed E-state index contributed by atoms with van der Waals surface area (Å²) >= 11 is 5.77. The minimum absolute atomic E-state index is 0.161. The summed E-state index contributed by atoms with van der Waals surface area (Å²) in [5, 5.41) is 5.08. The van der Waals surface area contributed by atoms with Gasteiger partial charge in [-0.15, -0.1) is 0 Å². The van der Waals surface area contributed by atoms with Gasteiger partial charge in [-0.1, -0.05) is 11.6 Å². The maximum Gasteiger partial charge on any atom is 0.279 e. The lowest BCUT2D eigenvalue weighted by Gasteiger charge is -2.11. The standard InChI is InChI=1S/C16H15ClF2N2O/c1-10(11-2-7-14(18)15(19)8-11)20-9-16(22)21-13-5-3-12(17)4-6-13/h2-8,10,20H,9H2,1H3,(H,21,22)/p+1/t10-/m1/s1. The summed E-state index contributed by atoms with van der Waals surface area (Å²) in [6, 6.07) is 10.4. The Hall–Kier alpha value is -1.98. The quantitative estimate of drug-likeness (QED) is 0.872. The first-order valence-electron chi connectivity index (χ1n) is 6.79. The van der Waals surface area contributed by atoms with E-state index in [9.17, 15) is 13.6 Å². The highest BCUT2D eigenvalue weighted by Crippen LogP contribution is 2.14. The van der Waals surface area contributed by atoms with Crippen molar-refractivity contribution in [1.29, 1.82) is 0 Å². The molecule has 2 aromatic rings. The fourth-order valence-electron chi connectivity index (χ4n) is 1.96. The molecule has 0 aliphatic carbocycles. The predicted octanol–water partition coefficient (Wildman–Crippen LogP) is 2.88. The second kappa shape index (κ2) is 7.33. The SMILES string of the molecule is C[C@@H]([NH2+]CC(=O)Nc1ccc(Cl)cc1)c1ccc(F)c(F)c1. The highest BCUT2D eigenvalue weighted by atomic mass is 35.5. The van der Waals surface area contributed by atoms with Gasteiger partial charge in [0.05, 0.1) is 0 Å². The van der Waals surface area contributed by atoms with E-state index in [4.69, 9.17) is 11.6 Å². The summed E-state index contributed by atoms with van der Waals surface area (Å²) in [6.45, 7) is 1.99. The Labute approximate surface area is 132 Å². The van der Waals surface area contributed by atoms with Crippen molar-refractivity contribution in [2.24, 2.45) is 0 Å². The Balaban J connectivity index is 1.87. The van der Waals surface area contributed by atoms with Gasteiger partial charge < -0.3 is 10.6 Å². The van der Waals surface area contributed by atoms with E-state index in [1.54, 1.807) is 29.6 Å². The molecule has 0 bridgehead atoms. The maximum atomic E-state index is 13.2. The van der Waals surface area contributed by atoms with Crippen molar-refractivity contribution in [2.75, 3.05) is 11.9 Å². The fraction of sp³-hybridized carbons (Fsp3) is 0.188. The van der Waals surface area contributed by atoms with Gasteiger partial charge in [0.2, 0.25) is 0 Å². The van der Waals surface area contributed by atoms with Gasteiger partial charge in [-0.05, 0) is 49.4 Å². The summed E-state index contributed by atoms with van der Waals surface area (Å²) in [7, 11) is 0. The molecule has 0 saturated carbocycles. The Kier molecular flexibility index (Phi) is 5.46. The second-order valence-electron chi connectivity index (χ2n) is 4.96. The largest absolute Gasteiger partial charge is 0.333 e. The molecule has 0 radical (unpaired) electrons. The minimum atomic E-state index is -0.886. The molecule has 0 aliphatic rings. The number of hydrogen-bond acceptors (Lipinski definition) is 1. The molecular formula is C16H16ClF2N2O+. The number of nitrogens with two attached hydrogens (primary N) is 1. The summed E-state index contributed by atoms with van der Waals surface area (Å²) in [5.74, 6) is -1.95. The number of quaternary nitrogens is 1. The topological polar surface area (TPSA) is 45.7 Å². The number of carbonyl (C=O) groups is 1. The third kappa shape index (κ3) is 4.51. The molecule has 1 atom stereocenters. The Bertz CT molecular complexity index is 662. The van der Waals surface area contributed by atoms with E-state index in [1.807, 2.05) is 6.92 Å². The van der Waals surface area contributed by atoms with Crippen molar-refractivity contribution in [2.45, 2.75) is 13.0 Å². The maximum absolute atomic E-state index is 13.2. The Morgan fingerprint density at radius 1 is 1.18 bits per heavy atom. The number of nitrogens with one attached hydrogen (secondary N) is 1. The molecule has 2 aromatic carbocycles. The zero-order valence-electron chi connectivity index (χ0n) is 11.9. The average molecular weight is 326 g/mol. The van der Waals surface area contributed by atoms with E-state index in [-0.39, 0.29) is 18.5 Å². The number of carbonyl (C=O) groups excluding carboxylic acids is 1. The third-order valence-electron chi connectivity index (χ3n) is 3.25. The molecule has 0 aromatic heterocycles. The van der Waals surface area contributed by atoms with Crippen LogP contribution >= 0.6 is 11.6 Å². The lowest BCUT2D eigenvalue weighted by atomic mass is 10.1. The van der Waals surface area contributed by atoms with Crippen LogP contribution in [0.25, 0.3) is 0 Å². The smallest absolute Gasteiger partial charge is 0.279 e. The van der Waals surface area contributed by atoms with Crippen LogP contribution in [0.1, 0.15) is 18.5 Å². The van der Waals surface area contributed by atoms with E-state index < -0.39 is 11.6 Å². The Morgan fingerprint density at radius 3 is 2.50 bits per heavy atom. The van der Waals surface area contributed by atoms with E-state index in [1.165, 1.54) is 6.07 Å². The zero-order valence-corrected chi connectivity index (χ0v) is 12.7. The van der Waals surface area contributed by atoms with Crippen molar-refractivity contribution in [3.05, 3.63) is 64.7 Å². The minimum Gasteiger partial charge on any atom is -0.333 e. The van der Waals surface area contributed by atoms with Gasteiger partial charge in [-0.2, -0.15) is 0 Å². The van der Waals surface area contributed by atoms with Crippen LogP contribution in [0, 0.1) is 11.6 Å². The zero-order chi connectivity index (χ0) is 16.1. The summed E-state index contributed by atoms with van der Waals surface area (Å²) in [5.41, 5.74) is 1.28. The van der Waals surface area contributed by atoms with Crippen LogP contribution in [-0.2, 0) is 4.79 Å². The van der Waals surface area contributed by atoms with Crippen LogP contribution in [0.4, 0.5) is 14.5 Å². The average Bonchev–Trinajstić information content (AvgIpc) is 2.50. The first-order chi connectivity index (χ1) is 10.5. The van der Waals surface area contributed by atoms with Crippen molar-refractivity contribution < 1.29 is 18.9 Å². The van der Waals surface area contributed by atoms with Gasteiger partial charge in [-0.25, -0.2) is 8.78 Å². The summed E-state index contributed by atoms with van der Waals surface area (Å²) in [4.78, 5) is 11.8. The normalized spacial score (nSPS) is 12.0. The monoisotopic (exact) mass is 325 g/mol. The number of anilines is 1. The van der Waals surface area contributed by atoms with E-state index in [0.29, 0.717) is 16.3 Å². The summed E-state index contributed by atoms with van der Waals surface area (Å²) < 4.78 is 26.1. The van der Waals surface area contributed by atoms with Crippen LogP contribution < -0.4 is 10.6 Å². The molecule has 3 N–H and O–H groups in total. The molecule has 0 aliphatic heterocycles. The van der Waals surface area contributed by atoms with E-state index >= 15 is 0 Å². The van der Waals surface area contributed by atoms with E-state index in [0.717, 1.165) is 12.1 Å². The van der Waals surface area contributed by atoms with Gasteiger partial charge in [0.15, 0.2) is 18.2 Å². The molecule has 0 heterocycles. The first-order valence-corrected chi connectivity index (χ1v) is 7.17. The van der Waals surface area contributed by atoms with Crippen LogP contribution in [0.3, 0.4) is 0 Å². The second-order valence-corrected chi connectivity index (χ2v) is 5.39. The van der Waals surface area contributed by atoms with Gasteiger partial charge in [0.1, 0.15) is 6.04 Å². The summed E-state index contributed by atoms with van der Waals surface area (Å²) in [6.07, 6.45) is 0. The molecule has 3 nitrogen and oxygen atoms in total. The fourth-order valence-corrected chi connectivity index (χ4v) is 2.09. The first kappa shape index (κ1) is 16.4. The van der Waals surface area contributed by atoms with Gasteiger partial charge in [0.25, 0.3) is 5.91 Å². The molecule has 116 valence electrons. The molecule has 0 unspecified atom stereocenters. The molecule has 6 heteroatoms. The van der Waals surface area contributed by atoms with Crippen molar-refractivity contribution >= 4 is 23.2 Å². The lowest BCUT2D eigenvalue weighted by molar-refractivity contribution is -0.682. The molecule has 2 rings (SSSR count). The van der Waals surface area contributed by atoms with Gasteiger partial charge >= 0.3 is 0 Å². The van der Waals surface area contributed by atoms with Crippen LogP contribution in [-0.4, -0.2) is 12.5 Å². The van der Waals surface area contributed by atoms with Gasteiger partial charge in [0, 0.05) is 16.3 Å². The number of halogens is 3. The van der Waals surface area contributed by atoms with Crippen molar-refractivity contribution in [1.82, 2.24) is 0 Å². The molecule has 0 saturated heterocycles. The third-order valence-corrected chi connectivity index (χ3v) is 3.51. The van der Waals surface area contributed by atoms with Crippen molar-refractivity contribution in [3.63, 3.8) is 0 Å². The van der Waals surface area contributed by atoms with Gasteiger partial charge in [-0.3, -0.25) is 4.79 Å². The highest BCUT2D eigenvalue weighted by Gasteiger charge is 2.13. The van der Waals surface area contributed by atoms with Crippen molar-refractivity contribution in [3.8, 4) is 0 Å². The molecule has 1 amide bonds. The molecular weight excluding hydrogens is 310 g/mol. The number of hydrogen-bond donors (Lipinski definition) is 2.